The Morgan fingerprint density at radius 3 is 0.738 bits per heavy atom. The van der Waals surface area contributed by atoms with E-state index in [0.717, 1.165) is 109 Å². The van der Waals surface area contributed by atoms with E-state index in [1.807, 2.05) is 0 Å². The van der Waals surface area contributed by atoms with Crippen molar-refractivity contribution in [2.45, 2.75) is 354 Å². The van der Waals surface area contributed by atoms with Crippen LogP contribution in [0.3, 0.4) is 0 Å². The summed E-state index contributed by atoms with van der Waals surface area (Å²) in [5.74, 6) is -0.896. The van der Waals surface area contributed by atoms with Gasteiger partial charge in [-0.3, -0.25) is 14.4 Å². The molecule has 0 spiro atoms. The fourth-order valence-electron chi connectivity index (χ4n) is 9.87. The molecule has 0 amide bonds. The second kappa shape index (κ2) is 68.1. The van der Waals surface area contributed by atoms with Crippen LogP contribution in [0, 0.1) is 0 Å². The van der Waals surface area contributed by atoms with Gasteiger partial charge in [0.15, 0.2) is 6.10 Å². The highest BCUT2D eigenvalue weighted by molar-refractivity contribution is 5.71. The first kappa shape index (κ1) is 76.6. The van der Waals surface area contributed by atoms with Crippen LogP contribution >= 0.6 is 0 Å². The molecule has 0 fully saturated rings. The minimum Gasteiger partial charge on any atom is -0.462 e. The van der Waals surface area contributed by atoms with Crippen LogP contribution in [0.2, 0.25) is 0 Å². The third-order valence-corrected chi connectivity index (χ3v) is 15.1. The molecule has 6 heteroatoms. The lowest BCUT2D eigenvalue weighted by Crippen LogP contribution is -2.30. The molecular formula is C74H130O6. The maximum Gasteiger partial charge on any atom is 0.306 e. The van der Waals surface area contributed by atoms with Gasteiger partial charge in [0.05, 0.1) is 0 Å². The predicted molar refractivity (Wildman–Crippen MR) is 348 cm³/mol. The molecule has 0 aromatic carbocycles. The Morgan fingerprint density at radius 2 is 0.450 bits per heavy atom. The second-order valence-electron chi connectivity index (χ2n) is 23.1. The first-order valence-electron chi connectivity index (χ1n) is 34.6. The van der Waals surface area contributed by atoms with Crippen molar-refractivity contribution < 1.29 is 28.6 Å². The quantitative estimate of drug-likeness (QED) is 0.0261. The lowest BCUT2D eigenvalue weighted by atomic mass is 10.0. The maximum absolute atomic E-state index is 12.9. The number of ether oxygens (including phenoxy) is 3. The van der Waals surface area contributed by atoms with Crippen LogP contribution in [0.5, 0.6) is 0 Å². The van der Waals surface area contributed by atoms with Crippen LogP contribution in [0.4, 0.5) is 0 Å². The van der Waals surface area contributed by atoms with E-state index in [4.69, 9.17) is 14.2 Å². The molecule has 0 N–H and O–H groups in total. The molecule has 0 aromatic heterocycles. The first-order valence-corrected chi connectivity index (χ1v) is 34.6. The van der Waals surface area contributed by atoms with Gasteiger partial charge in [-0.05, 0) is 122 Å². The zero-order valence-corrected chi connectivity index (χ0v) is 53.1. The number of rotatable bonds is 63. The largest absolute Gasteiger partial charge is 0.462 e. The molecule has 6 nitrogen and oxygen atoms in total. The van der Waals surface area contributed by atoms with Crippen LogP contribution < -0.4 is 0 Å². The number of carbonyl (C=O) groups is 3. The molecule has 0 aliphatic carbocycles. The molecule has 0 bridgehead atoms. The number of esters is 3. The Bertz CT molecular complexity index is 1520. The summed E-state index contributed by atoms with van der Waals surface area (Å²) in [6.07, 6.45) is 90.2. The minimum atomic E-state index is -0.791. The SMILES string of the molecule is CCCCC/C=C\C/C=C\C/C=C\CCCCCCCCC(=O)OC(COC(=O)CCCCCCC/C=C\C/C=C\CCCCCC)COC(=O)CCCCCCCCCCCCCCCCC/C=C\C/C=C\CCCCCCC. The highest BCUT2D eigenvalue weighted by Crippen LogP contribution is 2.17. The number of hydrogen-bond acceptors (Lipinski definition) is 6. The van der Waals surface area contributed by atoms with E-state index in [1.54, 1.807) is 0 Å². The predicted octanol–water partition coefficient (Wildman–Crippen LogP) is 23.8. The molecule has 1 atom stereocenters. The summed E-state index contributed by atoms with van der Waals surface area (Å²) in [5, 5.41) is 0. The van der Waals surface area contributed by atoms with Gasteiger partial charge < -0.3 is 14.2 Å². The zero-order chi connectivity index (χ0) is 57.8. The summed E-state index contributed by atoms with van der Waals surface area (Å²) in [6.45, 7) is 6.60. The van der Waals surface area contributed by atoms with E-state index in [0.29, 0.717) is 19.3 Å². The molecule has 0 aliphatic heterocycles. The Kier molecular flexibility index (Phi) is 65.2. The van der Waals surface area contributed by atoms with Crippen LogP contribution in [0.25, 0.3) is 0 Å². The van der Waals surface area contributed by atoms with Crippen molar-refractivity contribution in [1.82, 2.24) is 0 Å². The minimum absolute atomic E-state index is 0.0848. The smallest absolute Gasteiger partial charge is 0.306 e. The highest BCUT2D eigenvalue weighted by Gasteiger charge is 2.19. The van der Waals surface area contributed by atoms with Crippen molar-refractivity contribution in [3.05, 3.63) is 85.1 Å². The van der Waals surface area contributed by atoms with Gasteiger partial charge in [0, 0.05) is 19.3 Å². The molecule has 0 saturated carbocycles. The second-order valence-corrected chi connectivity index (χ2v) is 23.1. The van der Waals surface area contributed by atoms with Gasteiger partial charge in [-0.1, -0.05) is 292 Å². The fraction of sp³-hybridized carbons (Fsp3) is 0.770. The third kappa shape index (κ3) is 65.4. The summed E-state index contributed by atoms with van der Waals surface area (Å²) in [6, 6.07) is 0. The number of unbranched alkanes of at least 4 members (excludes halogenated alkanes) is 38. The van der Waals surface area contributed by atoms with Gasteiger partial charge in [-0.2, -0.15) is 0 Å². The van der Waals surface area contributed by atoms with Crippen molar-refractivity contribution in [3.8, 4) is 0 Å². The van der Waals surface area contributed by atoms with Crippen LogP contribution in [-0.2, 0) is 28.6 Å². The molecule has 80 heavy (non-hydrogen) atoms. The maximum atomic E-state index is 12.9. The van der Waals surface area contributed by atoms with E-state index in [9.17, 15) is 14.4 Å². The molecule has 0 radical (unpaired) electrons. The lowest BCUT2D eigenvalue weighted by Gasteiger charge is -2.18. The van der Waals surface area contributed by atoms with Crippen molar-refractivity contribution in [1.29, 1.82) is 0 Å². The Hall–Kier alpha value is -3.41. The molecule has 0 aromatic rings. The Labute approximate surface area is 496 Å². The van der Waals surface area contributed by atoms with Crippen LogP contribution in [-0.4, -0.2) is 37.2 Å². The van der Waals surface area contributed by atoms with Crippen LogP contribution in [0.1, 0.15) is 348 Å². The molecule has 0 aliphatic rings. The summed E-state index contributed by atoms with van der Waals surface area (Å²) in [7, 11) is 0. The number of allylic oxidation sites excluding steroid dienone is 14. The molecule has 0 saturated heterocycles. The molecule has 0 rings (SSSR count). The fourth-order valence-corrected chi connectivity index (χ4v) is 9.87. The lowest BCUT2D eigenvalue weighted by molar-refractivity contribution is -0.167. The van der Waals surface area contributed by atoms with Gasteiger partial charge in [-0.15, -0.1) is 0 Å². The summed E-state index contributed by atoms with van der Waals surface area (Å²) in [5.41, 5.74) is 0. The normalized spacial score (nSPS) is 12.6. The summed E-state index contributed by atoms with van der Waals surface area (Å²) < 4.78 is 17.0. The van der Waals surface area contributed by atoms with Crippen molar-refractivity contribution in [2.75, 3.05) is 13.2 Å². The van der Waals surface area contributed by atoms with Gasteiger partial charge in [0.25, 0.3) is 0 Å². The van der Waals surface area contributed by atoms with E-state index in [2.05, 4.69) is 106 Å². The standard InChI is InChI=1S/C74H130O6/c1-4-7-10-13-16-19-22-25-28-31-33-34-35-36-37-38-39-40-42-43-46-49-52-55-58-61-64-67-73(76)79-70-71(69-78-72(75)66-63-60-57-54-51-48-45-30-27-24-21-18-15-12-9-6-3)80-74(77)68-65-62-59-56-53-50-47-44-41-32-29-26-23-20-17-14-11-8-5-2/h17,20-22,24-26,29-31,33,41,44-45,71H,4-16,18-19,23,27-28,32,34-40,42-43,46-70H2,1-3H3/b20-17-,24-21-,25-22-,29-26-,33-31-,44-41-,45-30-. The van der Waals surface area contributed by atoms with Crippen molar-refractivity contribution >= 4 is 17.9 Å². The van der Waals surface area contributed by atoms with E-state index in [-0.39, 0.29) is 31.1 Å². The summed E-state index contributed by atoms with van der Waals surface area (Å²) in [4.78, 5) is 38.4. The molecule has 0 heterocycles. The Morgan fingerprint density at radius 1 is 0.250 bits per heavy atom. The summed E-state index contributed by atoms with van der Waals surface area (Å²) >= 11 is 0. The average Bonchev–Trinajstić information content (AvgIpc) is 3.46. The van der Waals surface area contributed by atoms with Crippen molar-refractivity contribution in [3.63, 3.8) is 0 Å². The third-order valence-electron chi connectivity index (χ3n) is 15.1. The molecule has 462 valence electrons. The van der Waals surface area contributed by atoms with Crippen LogP contribution in [0.15, 0.2) is 85.1 Å². The van der Waals surface area contributed by atoms with Gasteiger partial charge in [0.1, 0.15) is 13.2 Å². The average molecular weight is 1120 g/mol. The highest BCUT2D eigenvalue weighted by atomic mass is 16.6. The zero-order valence-electron chi connectivity index (χ0n) is 53.1. The van der Waals surface area contributed by atoms with Gasteiger partial charge in [0.2, 0.25) is 0 Å². The van der Waals surface area contributed by atoms with E-state index >= 15 is 0 Å². The van der Waals surface area contributed by atoms with E-state index < -0.39 is 6.10 Å². The first-order chi connectivity index (χ1) is 39.5. The van der Waals surface area contributed by atoms with Gasteiger partial charge in [-0.25, -0.2) is 0 Å². The topological polar surface area (TPSA) is 78.9 Å². The number of hydrogen-bond donors (Lipinski definition) is 0. The monoisotopic (exact) mass is 1110 g/mol. The molecule has 1 unspecified atom stereocenters. The van der Waals surface area contributed by atoms with E-state index in [1.165, 1.54) is 199 Å². The van der Waals surface area contributed by atoms with Gasteiger partial charge >= 0.3 is 17.9 Å². The van der Waals surface area contributed by atoms with Crippen molar-refractivity contribution in [2.24, 2.45) is 0 Å². The Balaban J connectivity index is 4.33. The molecular weight excluding hydrogens is 985 g/mol. The number of carbonyl (C=O) groups excluding carboxylic acids is 3.